The molecule has 1 aromatic carbocycles. The van der Waals surface area contributed by atoms with Crippen LogP contribution in [0, 0.1) is 11.6 Å². The van der Waals surface area contributed by atoms with Crippen LogP contribution in [0.2, 0.25) is 0 Å². The lowest BCUT2D eigenvalue weighted by Gasteiger charge is -2.38. The molecule has 0 aromatic heterocycles. The molecule has 1 aliphatic heterocycles. The second-order valence-corrected chi connectivity index (χ2v) is 4.04. The predicted molar refractivity (Wildman–Crippen MR) is 58.2 cm³/mol. The lowest BCUT2D eigenvalue weighted by Crippen LogP contribution is -2.41. The van der Waals surface area contributed by atoms with E-state index in [0.29, 0.717) is 13.1 Å². The van der Waals surface area contributed by atoms with Gasteiger partial charge in [-0.1, -0.05) is 0 Å². The van der Waals surface area contributed by atoms with Crippen LogP contribution < -0.4 is 0 Å². The van der Waals surface area contributed by atoms with E-state index in [1.54, 1.807) is 7.05 Å². The van der Waals surface area contributed by atoms with Gasteiger partial charge in [0.15, 0.2) is 0 Å². The highest BCUT2D eigenvalue weighted by Crippen LogP contribution is 2.22. The molecule has 1 aliphatic rings. The lowest BCUT2D eigenvalue weighted by molar-refractivity contribution is -0.871. The molecular weight excluding hydrogens is 237 g/mol. The van der Waals surface area contributed by atoms with Gasteiger partial charge in [-0.25, -0.2) is 0 Å². The zero-order valence-corrected chi connectivity index (χ0v) is 9.25. The molecular formula is C10H12BF4NO. The van der Waals surface area contributed by atoms with Gasteiger partial charge < -0.3 is 27.1 Å². The Morgan fingerprint density at radius 1 is 1.24 bits per heavy atom. The maximum atomic E-state index is 11.6. The molecule has 0 saturated carbocycles. The van der Waals surface area contributed by atoms with Crippen LogP contribution >= 0.6 is 0 Å². The molecule has 0 bridgehead atoms. The van der Waals surface area contributed by atoms with E-state index in [0.717, 1.165) is 0 Å². The van der Waals surface area contributed by atoms with Crippen LogP contribution in [-0.4, -0.2) is 25.5 Å². The largest absolute Gasteiger partial charge is 0.673 e. The topological polar surface area (TPSA) is 23.1 Å². The molecule has 0 N–H and O–H groups in total. The highest BCUT2D eigenvalue weighted by molar-refractivity contribution is 6.50. The van der Waals surface area contributed by atoms with E-state index in [9.17, 15) is 22.5 Å². The van der Waals surface area contributed by atoms with Gasteiger partial charge in [0.05, 0.1) is 13.5 Å². The minimum Gasteiger partial charge on any atom is -0.631 e. The third-order valence-electron chi connectivity index (χ3n) is 2.26. The first-order valence-corrected chi connectivity index (χ1v) is 5.01. The third kappa shape index (κ3) is 5.60. The summed E-state index contributed by atoms with van der Waals surface area (Å²) in [5.41, 5.74) is 2.39. The highest BCUT2D eigenvalue weighted by atomic mass is 19.5. The van der Waals surface area contributed by atoms with Crippen molar-refractivity contribution in [3.63, 3.8) is 0 Å². The Bertz CT molecular complexity index is 375. The molecule has 7 heteroatoms. The van der Waals surface area contributed by atoms with Crippen molar-refractivity contribution in [2.45, 2.75) is 6.54 Å². The van der Waals surface area contributed by atoms with Gasteiger partial charge in [0.25, 0.3) is 0 Å². The van der Waals surface area contributed by atoms with E-state index in [1.807, 2.05) is 24.6 Å². The maximum absolute atomic E-state index is 11.6. The van der Waals surface area contributed by atoms with Gasteiger partial charge in [0.1, 0.15) is 24.2 Å². The quantitative estimate of drug-likeness (QED) is 0.228. The fourth-order valence-electron chi connectivity index (χ4n) is 1.59. The number of hydroxylamine groups is 3. The fraction of sp³-hybridized carbons (Fsp3) is 0.300. The van der Waals surface area contributed by atoms with Crippen molar-refractivity contribution in [2.24, 2.45) is 0 Å². The number of benzene rings is 1. The molecule has 0 aliphatic carbocycles. The minimum absolute atomic E-state index is 0.170. The number of quaternary nitrogens is 1. The summed E-state index contributed by atoms with van der Waals surface area (Å²) in [5.74, 6) is 0. The summed E-state index contributed by atoms with van der Waals surface area (Å²) in [5, 5.41) is 11.6. The second-order valence-electron chi connectivity index (χ2n) is 4.04. The number of halogens is 4. The number of nitrogens with zero attached hydrogens (tertiary/aromatic N) is 1. The Hall–Kier alpha value is -1.21. The molecule has 0 saturated heterocycles. The Balaban J connectivity index is 0.000000249. The molecule has 94 valence electrons. The Labute approximate surface area is 97.1 Å². The number of likely N-dealkylation sites (N-methyl/N-ethyl adjacent to an activating group) is 1. The zero-order valence-electron chi connectivity index (χ0n) is 9.25. The Morgan fingerprint density at radius 3 is 2.35 bits per heavy atom. The highest BCUT2D eigenvalue weighted by Gasteiger charge is 2.26. The van der Waals surface area contributed by atoms with Crippen molar-refractivity contribution in [1.29, 1.82) is 0 Å². The van der Waals surface area contributed by atoms with Crippen LogP contribution in [0.1, 0.15) is 11.1 Å². The molecule has 0 radical (unpaired) electrons. The van der Waals surface area contributed by atoms with Gasteiger partial charge in [0.2, 0.25) is 0 Å². The van der Waals surface area contributed by atoms with Crippen molar-refractivity contribution in [2.75, 3.05) is 13.6 Å². The number of hydrogen-bond donors (Lipinski definition) is 0. The first-order valence-electron chi connectivity index (χ1n) is 5.01. The molecule has 1 heterocycles. The standard InChI is InChI=1S/C10H12NO.BF4/c1-11(12)7-6-9-4-2-3-5-10(9)8-11;2-1(3,4)5/h2-6H,7-8H2,1H3;/q+1;-1. The summed E-state index contributed by atoms with van der Waals surface area (Å²) in [6, 6.07) is 8.08. The maximum Gasteiger partial charge on any atom is 0.673 e. The summed E-state index contributed by atoms with van der Waals surface area (Å²) >= 11 is 0. The number of rotatable bonds is 0. The van der Waals surface area contributed by atoms with Crippen molar-refractivity contribution in [3.8, 4) is 0 Å². The molecule has 0 spiro atoms. The Morgan fingerprint density at radius 2 is 1.76 bits per heavy atom. The molecule has 1 unspecified atom stereocenters. The van der Waals surface area contributed by atoms with E-state index in [4.69, 9.17) is 0 Å². The van der Waals surface area contributed by atoms with Crippen molar-refractivity contribution in [1.82, 2.24) is 0 Å². The van der Waals surface area contributed by atoms with Crippen LogP contribution in [0.25, 0.3) is 0 Å². The van der Waals surface area contributed by atoms with Crippen LogP contribution in [0.15, 0.2) is 24.3 Å². The fourth-order valence-corrected chi connectivity index (χ4v) is 1.59. The summed E-state index contributed by atoms with van der Waals surface area (Å²) in [4.78, 5) is 0. The first-order chi connectivity index (χ1) is 7.67. The normalized spacial score (nSPS) is 22.9. The van der Waals surface area contributed by atoms with Crippen LogP contribution in [-0.2, 0) is 6.54 Å². The van der Waals surface area contributed by atoms with Crippen LogP contribution in [0.3, 0.4) is 0 Å². The van der Waals surface area contributed by atoms with Crippen molar-refractivity contribution < 1.29 is 21.9 Å². The second kappa shape index (κ2) is 4.97. The summed E-state index contributed by atoms with van der Waals surface area (Å²) in [6.45, 7) is 1.20. The molecule has 1 aromatic rings. The molecule has 2 rings (SSSR count). The molecule has 17 heavy (non-hydrogen) atoms. The average molecular weight is 249 g/mol. The SMILES string of the molecule is C[N+]1([O-])C[CH+]c2ccccc2C1.F[B-](F)(F)F. The van der Waals surface area contributed by atoms with E-state index in [2.05, 4.69) is 6.07 Å². The van der Waals surface area contributed by atoms with E-state index in [-0.39, 0.29) is 4.65 Å². The van der Waals surface area contributed by atoms with Gasteiger partial charge in [-0.15, -0.1) is 0 Å². The van der Waals surface area contributed by atoms with E-state index >= 15 is 0 Å². The van der Waals surface area contributed by atoms with E-state index in [1.165, 1.54) is 11.1 Å². The molecule has 1 atom stereocenters. The molecule has 2 nitrogen and oxygen atoms in total. The van der Waals surface area contributed by atoms with E-state index < -0.39 is 7.25 Å². The van der Waals surface area contributed by atoms with Crippen molar-refractivity contribution in [3.05, 3.63) is 47.0 Å². The zero-order chi connectivity index (χ0) is 13.1. The third-order valence-corrected chi connectivity index (χ3v) is 2.26. The van der Waals surface area contributed by atoms with Gasteiger partial charge in [-0.05, 0) is 12.1 Å². The smallest absolute Gasteiger partial charge is 0.631 e. The van der Waals surface area contributed by atoms with Crippen LogP contribution in [0.4, 0.5) is 17.3 Å². The molecule has 0 fully saturated rings. The summed E-state index contributed by atoms with van der Waals surface area (Å²) in [6.07, 6.45) is 2.02. The average Bonchev–Trinajstić information content (AvgIpc) is 2.13. The van der Waals surface area contributed by atoms with Gasteiger partial charge in [-0.3, -0.25) is 0 Å². The summed E-state index contributed by atoms with van der Waals surface area (Å²) < 4.78 is 38.8. The predicted octanol–water partition coefficient (Wildman–Crippen LogP) is 3.00. The van der Waals surface area contributed by atoms with Crippen molar-refractivity contribution >= 4 is 7.25 Å². The van der Waals surface area contributed by atoms with Crippen LogP contribution in [0.5, 0.6) is 0 Å². The van der Waals surface area contributed by atoms with Gasteiger partial charge in [-0.2, -0.15) is 0 Å². The lowest BCUT2D eigenvalue weighted by atomic mass is 10.0. The number of hydrogen-bond acceptors (Lipinski definition) is 1. The van der Waals surface area contributed by atoms with Gasteiger partial charge in [0, 0.05) is 12.1 Å². The van der Waals surface area contributed by atoms with Gasteiger partial charge >= 0.3 is 7.25 Å². The molecule has 0 amide bonds. The Kier molecular flexibility index (Phi) is 4.05. The number of fused-ring (bicyclic) bond motifs is 1. The first kappa shape index (κ1) is 13.9. The summed E-state index contributed by atoms with van der Waals surface area (Å²) in [7, 11) is -4.29. The monoisotopic (exact) mass is 249 g/mol. The minimum atomic E-state index is -6.00.